The van der Waals surface area contributed by atoms with Gasteiger partial charge in [-0.1, -0.05) is 36.4 Å². The number of hydrogen-bond acceptors (Lipinski definition) is 7. The molecule has 1 aromatic heterocycles. The van der Waals surface area contributed by atoms with Gasteiger partial charge in [-0.05, 0) is 98.0 Å². The van der Waals surface area contributed by atoms with Gasteiger partial charge in [0.15, 0.2) is 5.75 Å². The van der Waals surface area contributed by atoms with E-state index in [-0.39, 0.29) is 5.56 Å². The molecule has 4 fully saturated rings. The van der Waals surface area contributed by atoms with Crippen LogP contribution in [-0.2, 0) is 0 Å². The van der Waals surface area contributed by atoms with Crippen LogP contribution in [-0.4, -0.2) is 38.8 Å². The maximum atomic E-state index is 13.1. The first kappa shape index (κ1) is 29.1. The molecule has 4 unspecified atom stereocenters. The van der Waals surface area contributed by atoms with Crippen LogP contribution >= 0.6 is 0 Å². The van der Waals surface area contributed by atoms with E-state index >= 15 is 0 Å². The van der Waals surface area contributed by atoms with Crippen LogP contribution in [0.2, 0.25) is 0 Å². The van der Waals surface area contributed by atoms with Gasteiger partial charge in [-0.2, -0.15) is 0 Å². The highest BCUT2D eigenvalue weighted by Gasteiger charge is 2.67. The molecular weight excluding hydrogens is 594 g/mol. The molecule has 47 heavy (non-hydrogen) atoms. The zero-order chi connectivity index (χ0) is 32.1. The molecule has 1 heterocycles. The second-order valence-corrected chi connectivity index (χ2v) is 13.3. The molecule has 0 radical (unpaired) electrons. The van der Waals surface area contributed by atoms with Crippen LogP contribution in [0.4, 0.5) is 0 Å². The van der Waals surface area contributed by atoms with Gasteiger partial charge in [-0.25, -0.2) is 9.59 Å². The standard InChI is InChI=1S/C39H33NO7/c41-35(42)28-11-15-31(16-12-28)46-38-21-26-20-37(23-38,45-30-8-2-1-3-9-30)24-39(22-26,25-38)47-32-17-13-29(14-18-32)36(43)44-33-10-4-6-27-7-5-19-40-34(27)33/h1-19,26H,20-25H2,(H,41,42). The summed E-state index contributed by atoms with van der Waals surface area (Å²) in [5.41, 5.74) is -0.332. The van der Waals surface area contributed by atoms with E-state index in [1.807, 2.05) is 66.7 Å². The summed E-state index contributed by atoms with van der Waals surface area (Å²) in [6.07, 6.45) is 6.38. The van der Waals surface area contributed by atoms with E-state index in [4.69, 9.17) is 18.9 Å². The maximum absolute atomic E-state index is 13.1. The summed E-state index contributed by atoms with van der Waals surface area (Å²) < 4.78 is 26.3. The van der Waals surface area contributed by atoms with Crippen molar-refractivity contribution in [3.63, 3.8) is 0 Å². The van der Waals surface area contributed by atoms with Crippen LogP contribution in [0, 0.1) is 5.92 Å². The molecule has 4 saturated carbocycles. The number of pyridine rings is 1. The molecule has 4 atom stereocenters. The normalized spacial score (nSPS) is 25.7. The number of aromatic nitrogens is 1. The predicted molar refractivity (Wildman–Crippen MR) is 174 cm³/mol. The molecule has 8 nitrogen and oxygen atoms in total. The van der Waals surface area contributed by atoms with Crippen LogP contribution in [0.1, 0.15) is 59.2 Å². The van der Waals surface area contributed by atoms with E-state index < -0.39 is 28.7 Å². The van der Waals surface area contributed by atoms with E-state index in [9.17, 15) is 14.7 Å². The van der Waals surface area contributed by atoms with E-state index in [1.54, 1.807) is 48.7 Å². The van der Waals surface area contributed by atoms with Crippen molar-refractivity contribution in [1.82, 2.24) is 4.98 Å². The molecule has 4 bridgehead atoms. The maximum Gasteiger partial charge on any atom is 0.343 e. The number of carboxylic acid groups (broad SMARTS) is 1. The number of aromatic carboxylic acids is 1. The van der Waals surface area contributed by atoms with Crippen LogP contribution in [0.3, 0.4) is 0 Å². The molecule has 4 aromatic carbocycles. The second kappa shape index (κ2) is 11.2. The fourth-order valence-corrected chi connectivity index (χ4v) is 8.40. The number of carbonyl (C=O) groups excluding carboxylic acids is 1. The zero-order valence-electron chi connectivity index (χ0n) is 25.6. The van der Waals surface area contributed by atoms with Gasteiger partial charge in [0.2, 0.25) is 0 Å². The van der Waals surface area contributed by atoms with Crippen molar-refractivity contribution in [2.24, 2.45) is 5.92 Å². The quantitative estimate of drug-likeness (QED) is 0.130. The van der Waals surface area contributed by atoms with Crippen LogP contribution in [0.5, 0.6) is 23.0 Å². The summed E-state index contributed by atoms with van der Waals surface area (Å²) in [6.45, 7) is 0. The third kappa shape index (κ3) is 5.65. The fraction of sp³-hybridized carbons (Fsp3) is 0.256. The fourth-order valence-electron chi connectivity index (χ4n) is 8.40. The Morgan fingerprint density at radius 1 is 0.617 bits per heavy atom. The van der Waals surface area contributed by atoms with Crippen LogP contribution in [0.25, 0.3) is 10.9 Å². The summed E-state index contributed by atoms with van der Waals surface area (Å²) >= 11 is 0. The van der Waals surface area contributed by atoms with Crippen molar-refractivity contribution < 1.29 is 33.6 Å². The number of rotatable bonds is 9. The molecular formula is C39H33NO7. The summed E-state index contributed by atoms with van der Waals surface area (Å²) in [4.78, 5) is 28.9. The van der Waals surface area contributed by atoms with E-state index in [1.165, 1.54) is 0 Å². The Hall–Kier alpha value is -5.37. The van der Waals surface area contributed by atoms with Gasteiger partial charge in [-0.3, -0.25) is 4.98 Å². The monoisotopic (exact) mass is 627 g/mol. The Balaban J connectivity index is 1.06. The van der Waals surface area contributed by atoms with Gasteiger partial charge in [0.1, 0.15) is 39.6 Å². The number of para-hydroxylation sites is 2. The van der Waals surface area contributed by atoms with Crippen LogP contribution in [0.15, 0.2) is 115 Å². The highest BCUT2D eigenvalue weighted by molar-refractivity contribution is 5.94. The number of carbonyl (C=O) groups is 2. The molecule has 5 aromatic rings. The third-order valence-electron chi connectivity index (χ3n) is 9.65. The average molecular weight is 628 g/mol. The van der Waals surface area contributed by atoms with Crippen molar-refractivity contribution in [3.05, 3.63) is 127 Å². The first-order valence-electron chi connectivity index (χ1n) is 15.9. The Morgan fingerprint density at radius 2 is 1.15 bits per heavy atom. The lowest BCUT2D eigenvalue weighted by Crippen LogP contribution is -2.70. The molecule has 0 aliphatic heterocycles. The molecule has 4 aliphatic rings. The van der Waals surface area contributed by atoms with Gasteiger partial charge >= 0.3 is 11.9 Å². The number of fused-ring (bicyclic) bond motifs is 1. The smallest absolute Gasteiger partial charge is 0.343 e. The molecule has 9 rings (SSSR count). The minimum absolute atomic E-state index is 0.215. The molecule has 0 saturated heterocycles. The van der Waals surface area contributed by atoms with Gasteiger partial charge < -0.3 is 24.1 Å². The van der Waals surface area contributed by atoms with Crippen molar-refractivity contribution in [2.75, 3.05) is 0 Å². The van der Waals surface area contributed by atoms with Crippen molar-refractivity contribution in [3.8, 4) is 23.0 Å². The molecule has 8 heteroatoms. The van der Waals surface area contributed by atoms with E-state index in [0.29, 0.717) is 53.5 Å². The van der Waals surface area contributed by atoms with Gasteiger partial charge in [-0.15, -0.1) is 0 Å². The minimum atomic E-state index is -0.973. The lowest BCUT2D eigenvalue weighted by molar-refractivity contribution is -0.228. The first-order valence-corrected chi connectivity index (χ1v) is 15.9. The summed E-state index contributed by atoms with van der Waals surface area (Å²) in [7, 11) is 0. The van der Waals surface area contributed by atoms with Gasteiger partial charge in [0.25, 0.3) is 0 Å². The Bertz CT molecular complexity index is 1960. The highest BCUT2D eigenvalue weighted by atomic mass is 16.5. The summed E-state index contributed by atoms with van der Waals surface area (Å²) in [5.74, 6) is 1.39. The number of esters is 1. The second-order valence-electron chi connectivity index (χ2n) is 13.3. The van der Waals surface area contributed by atoms with Gasteiger partial charge in [0, 0.05) is 30.8 Å². The summed E-state index contributed by atoms with van der Waals surface area (Å²) in [6, 6.07) is 32.9. The number of carboxylic acids is 1. The third-order valence-corrected chi connectivity index (χ3v) is 9.65. The number of benzene rings is 4. The van der Waals surface area contributed by atoms with Crippen molar-refractivity contribution in [1.29, 1.82) is 0 Å². The Labute approximate surface area is 271 Å². The molecule has 236 valence electrons. The number of hydrogen-bond donors (Lipinski definition) is 1. The Kier molecular flexibility index (Phi) is 6.90. The molecule has 4 aliphatic carbocycles. The SMILES string of the molecule is O=C(O)c1ccc(OC23CC4CC(Oc5ccccc5)(C2)CC(Oc2ccc(C(=O)Oc5cccc6cccnc56)cc2)(C4)C3)cc1. The number of nitrogens with zero attached hydrogens (tertiary/aromatic N) is 1. The number of ether oxygens (including phenoxy) is 4. The van der Waals surface area contributed by atoms with Crippen molar-refractivity contribution in [2.45, 2.75) is 55.3 Å². The van der Waals surface area contributed by atoms with Crippen molar-refractivity contribution >= 4 is 22.8 Å². The first-order chi connectivity index (χ1) is 22.8. The molecule has 0 amide bonds. The highest BCUT2D eigenvalue weighted by Crippen LogP contribution is 2.62. The topological polar surface area (TPSA) is 104 Å². The average Bonchev–Trinajstić information content (AvgIpc) is 3.05. The lowest BCUT2D eigenvalue weighted by Gasteiger charge is -2.64. The van der Waals surface area contributed by atoms with E-state index in [2.05, 4.69) is 4.98 Å². The lowest BCUT2D eigenvalue weighted by atomic mass is 9.50. The van der Waals surface area contributed by atoms with Gasteiger partial charge in [0.05, 0.1) is 11.1 Å². The molecule has 1 N–H and O–H groups in total. The predicted octanol–water partition coefficient (Wildman–Crippen LogP) is 7.90. The molecule has 0 spiro atoms. The van der Waals surface area contributed by atoms with E-state index in [0.717, 1.165) is 30.4 Å². The van der Waals surface area contributed by atoms with Crippen LogP contribution < -0.4 is 18.9 Å². The zero-order valence-corrected chi connectivity index (χ0v) is 25.6. The largest absolute Gasteiger partial charge is 0.487 e. The minimum Gasteiger partial charge on any atom is -0.487 e. The Morgan fingerprint density at radius 3 is 1.72 bits per heavy atom. The summed E-state index contributed by atoms with van der Waals surface area (Å²) in [5, 5.41) is 10.3.